The zero-order valence-electron chi connectivity index (χ0n) is 13.1. The van der Waals surface area contributed by atoms with Crippen molar-refractivity contribution in [3.63, 3.8) is 0 Å². The van der Waals surface area contributed by atoms with Crippen molar-refractivity contribution in [1.29, 1.82) is 0 Å². The molecule has 2 rings (SSSR count). The number of carbonyl (C=O) groups excluding carboxylic acids is 1. The fourth-order valence-electron chi connectivity index (χ4n) is 1.68. The Bertz CT molecular complexity index is 723. The summed E-state index contributed by atoms with van der Waals surface area (Å²) in [6, 6.07) is 4.64. The molecule has 2 aromatic rings. The van der Waals surface area contributed by atoms with Crippen LogP contribution in [0.1, 0.15) is 35.9 Å². The van der Waals surface area contributed by atoms with Crippen molar-refractivity contribution in [2.45, 2.75) is 37.5 Å². The van der Waals surface area contributed by atoms with Crippen LogP contribution < -0.4 is 5.56 Å². The van der Waals surface area contributed by atoms with E-state index in [2.05, 4.69) is 14.7 Å². The van der Waals surface area contributed by atoms with Gasteiger partial charge in [-0.2, -0.15) is 0 Å². The highest BCUT2D eigenvalue weighted by Gasteiger charge is 2.12. The number of methoxy groups -OCH3 is 1. The minimum Gasteiger partial charge on any atom is -0.463 e. The molecule has 0 radical (unpaired) electrons. The molecule has 2 heterocycles. The first kappa shape index (κ1) is 17.3. The number of nitrogens with one attached hydrogen (secondary N) is 1. The molecule has 0 atom stereocenters. The first-order valence-electron chi connectivity index (χ1n) is 6.99. The van der Waals surface area contributed by atoms with Crippen LogP contribution in [0, 0.1) is 0 Å². The van der Waals surface area contributed by atoms with Crippen LogP contribution in [-0.4, -0.2) is 29.2 Å². The molecule has 2 aromatic heterocycles. The Hall–Kier alpha value is -2.06. The Labute approximate surface area is 137 Å². The lowest BCUT2D eigenvalue weighted by Crippen LogP contribution is -2.12. The predicted octanol–water partition coefficient (Wildman–Crippen LogP) is 2.37. The highest BCUT2D eigenvalue weighted by atomic mass is 32.2. The molecule has 7 nitrogen and oxygen atoms in total. The Morgan fingerprint density at radius 2 is 2.22 bits per heavy atom. The zero-order valence-corrected chi connectivity index (χ0v) is 13.9. The van der Waals surface area contributed by atoms with Gasteiger partial charge in [0.2, 0.25) is 5.76 Å². The average molecular weight is 338 g/mol. The molecule has 0 aromatic carbocycles. The van der Waals surface area contributed by atoms with E-state index in [1.54, 1.807) is 12.1 Å². The second-order valence-electron chi connectivity index (χ2n) is 4.95. The van der Waals surface area contributed by atoms with Gasteiger partial charge >= 0.3 is 5.97 Å². The van der Waals surface area contributed by atoms with Crippen LogP contribution in [0.25, 0.3) is 0 Å². The molecule has 0 bridgehead atoms. The molecule has 23 heavy (non-hydrogen) atoms. The van der Waals surface area contributed by atoms with Gasteiger partial charge in [-0.3, -0.25) is 4.79 Å². The van der Waals surface area contributed by atoms with Crippen molar-refractivity contribution in [3.05, 3.63) is 45.8 Å². The number of nitrogens with zero attached hydrogens (tertiary/aromatic N) is 1. The molecule has 1 N–H and O–H groups in total. The Morgan fingerprint density at radius 1 is 1.43 bits per heavy atom. The number of aromatic amines is 1. The number of carbonyl (C=O) groups is 1. The number of rotatable bonds is 7. The normalized spacial score (nSPS) is 11.0. The van der Waals surface area contributed by atoms with Gasteiger partial charge in [0.25, 0.3) is 5.56 Å². The Balaban J connectivity index is 2.01. The molecule has 0 fully saturated rings. The number of ether oxygens (including phenoxy) is 2. The molecule has 0 unspecified atom stereocenters. The summed E-state index contributed by atoms with van der Waals surface area (Å²) in [5, 5.41) is 0.468. The first-order valence-corrected chi connectivity index (χ1v) is 7.98. The number of furan rings is 1. The smallest absolute Gasteiger partial charge is 0.373 e. The van der Waals surface area contributed by atoms with Crippen LogP contribution in [-0.2, 0) is 21.8 Å². The SMILES string of the molecule is COC(=O)c1ccc(CSc2nc(COC(C)C)cc(=O)[nH]2)o1. The molecule has 0 aliphatic heterocycles. The standard InChI is InChI=1S/C15H18N2O5S/c1-9(2)21-7-10-6-13(18)17-15(16-10)23-8-11-4-5-12(22-11)14(19)20-3/h4-6,9H,7-8H2,1-3H3,(H,16,17,18). The van der Waals surface area contributed by atoms with Crippen LogP contribution in [0.3, 0.4) is 0 Å². The Kier molecular flexibility index (Phi) is 6.00. The van der Waals surface area contributed by atoms with Crippen molar-refractivity contribution in [1.82, 2.24) is 9.97 Å². The molecule has 124 valence electrons. The van der Waals surface area contributed by atoms with Crippen molar-refractivity contribution in [2.24, 2.45) is 0 Å². The third-order valence-electron chi connectivity index (χ3n) is 2.74. The summed E-state index contributed by atoms with van der Waals surface area (Å²) >= 11 is 1.30. The summed E-state index contributed by atoms with van der Waals surface area (Å²) in [5.74, 6) is 0.625. The molecule has 0 amide bonds. The lowest BCUT2D eigenvalue weighted by Gasteiger charge is -2.07. The van der Waals surface area contributed by atoms with Crippen LogP contribution in [0.15, 0.2) is 32.6 Å². The van der Waals surface area contributed by atoms with Gasteiger partial charge in [-0.05, 0) is 26.0 Å². The maximum Gasteiger partial charge on any atom is 0.373 e. The second-order valence-corrected chi connectivity index (χ2v) is 5.91. The van der Waals surface area contributed by atoms with E-state index in [0.717, 1.165) is 0 Å². The summed E-state index contributed by atoms with van der Waals surface area (Å²) in [6.07, 6.45) is 0.0621. The second kappa shape index (κ2) is 7.98. The monoisotopic (exact) mass is 338 g/mol. The third kappa shape index (κ3) is 5.26. The maximum atomic E-state index is 11.7. The van der Waals surface area contributed by atoms with Crippen LogP contribution in [0.5, 0.6) is 0 Å². The highest BCUT2D eigenvalue weighted by Crippen LogP contribution is 2.20. The number of aromatic nitrogens is 2. The van der Waals surface area contributed by atoms with Crippen LogP contribution >= 0.6 is 11.8 Å². The minimum absolute atomic E-state index is 0.0621. The maximum absolute atomic E-state index is 11.7. The van der Waals surface area contributed by atoms with Gasteiger partial charge in [0.15, 0.2) is 5.16 Å². The summed E-state index contributed by atoms with van der Waals surface area (Å²) < 4.78 is 15.4. The Morgan fingerprint density at radius 3 is 2.91 bits per heavy atom. The van der Waals surface area contributed by atoms with Gasteiger partial charge in [0, 0.05) is 6.07 Å². The number of hydrogen-bond donors (Lipinski definition) is 1. The van der Waals surface area contributed by atoms with Gasteiger partial charge in [-0.25, -0.2) is 9.78 Å². The van der Waals surface area contributed by atoms with Crippen LogP contribution in [0.2, 0.25) is 0 Å². The number of H-pyrrole nitrogens is 1. The van der Waals surface area contributed by atoms with E-state index < -0.39 is 5.97 Å². The fourth-order valence-corrected chi connectivity index (χ4v) is 2.47. The molecule has 0 saturated carbocycles. The lowest BCUT2D eigenvalue weighted by molar-refractivity contribution is 0.0563. The number of hydrogen-bond acceptors (Lipinski definition) is 7. The molecular weight excluding hydrogens is 320 g/mol. The molecule has 8 heteroatoms. The van der Waals surface area contributed by atoms with Gasteiger partial charge < -0.3 is 18.9 Å². The third-order valence-corrected chi connectivity index (χ3v) is 3.63. The van der Waals surface area contributed by atoms with E-state index in [4.69, 9.17) is 9.15 Å². The largest absolute Gasteiger partial charge is 0.463 e. The zero-order chi connectivity index (χ0) is 16.8. The van der Waals surface area contributed by atoms with Gasteiger partial charge in [-0.15, -0.1) is 0 Å². The molecule has 0 spiro atoms. The molecule has 0 aliphatic rings. The molecule has 0 aliphatic carbocycles. The molecular formula is C15H18N2O5S. The lowest BCUT2D eigenvalue weighted by atomic mass is 10.4. The number of thioether (sulfide) groups is 1. The quantitative estimate of drug-likeness (QED) is 0.470. The topological polar surface area (TPSA) is 94.4 Å². The predicted molar refractivity (Wildman–Crippen MR) is 84.4 cm³/mol. The minimum atomic E-state index is -0.527. The van der Waals surface area contributed by atoms with Gasteiger partial charge in [-0.1, -0.05) is 11.8 Å². The van der Waals surface area contributed by atoms with E-state index in [1.807, 2.05) is 13.8 Å². The first-order chi connectivity index (χ1) is 11.0. The average Bonchev–Trinajstić information content (AvgIpc) is 2.98. The summed E-state index contributed by atoms with van der Waals surface area (Å²) in [4.78, 5) is 30.0. The van der Waals surface area contributed by atoms with Gasteiger partial charge in [0.05, 0.1) is 31.3 Å². The van der Waals surface area contributed by atoms with E-state index in [-0.39, 0.29) is 24.0 Å². The van der Waals surface area contributed by atoms with E-state index in [1.165, 1.54) is 24.9 Å². The van der Waals surface area contributed by atoms with E-state index in [9.17, 15) is 9.59 Å². The summed E-state index contributed by atoms with van der Waals surface area (Å²) in [5.41, 5.74) is 0.333. The van der Waals surface area contributed by atoms with E-state index >= 15 is 0 Å². The van der Waals surface area contributed by atoms with Crippen LogP contribution in [0.4, 0.5) is 0 Å². The number of esters is 1. The van der Waals surface area contributed by atoms with Gasteiger partial charge in [0.1, 0.15) is 5.76 Å². The van der Waals surface area contributed by atoms with Crippen molar-refractivity contribution in [2.75, 3.05) is 7.11 Å². The molecule has 0 saturated heterocycles. The summed E-state index contributed by atoms with van der Waals surface area (Å²) in [6.45, 7) is 4.11. The van der Waals surface area contributed by atoms with Crippen molar-refractivity contribution >= 4 is 17.7 Å². The van der Waals surface area contributed by atoms with E-state index in [0.29, 0.717) is 22.4 Å². The van der Waals surface area contributed by atoms with Crippen molar-refractivity contribution < 1.29 is 18.7 Å². The fraction of sp³-hybridized carbons (Fsp3) is 0.400. The van der Waals surface area contributed by atoms with Crippen molar-refractivity contribution in [3.8, 4) is 0 Å². The summed E-state index contributed by atoms with van der Waals surface area (Å²) in [7, 11) is 1.29. The highest BCUT2D eigenvalue weighted by molar-refractivity contribution is 7.98.